The van der Waals surface area contributed by atoms with Crippen LogP contribution in [0.2, 0.25) is 0 Å². The Labute approximate surface area is 146 Å². The van der Waals surface area contributed by atoms with Crippen molar-refractivity contribution < 1.29 is 4.79 Å². The summed E-state index contributed by atoms with van der Waals surface area (Å²) < 4.78 is 0. The Morgan fingerprint density at radius 3 is 1.70 bits per heavy atom. The maximum Gasteiger partial charge on any atom is 0.155 e. The zero-order valence-electron chi connectivity index (χ0n) is 16.6. The second-order valence-electron chi connectivity index (χ2n) is 7.37. The van der Waals surface area contributed by atoms with E-state index in [1.165, 1.54) is 63.4 Å². The first-order valence-corrected chi connectivity index (χ1v) is 10.3. The number of carbonyl (C=O) groups is 1. The molecule has 0 fully saturated rings. The van der Waals surface area contributed by atoms with Gasteiger partial charge in [0.15, 0.2) is 5.78 Å². The zero-order chi connectivity index (χ0) is 17.5. The Morgan fingerprint density at radius 2 is 1.26 bits per heavy atom. The quantitative estimate of drug-likeness (QED) is 0.285. The topological polar surface area (TPSA) is 17.1 Å². The molecule has 0 aromatic carbocycles. The van der Waals surface area contributed by atoms with Crippen LogP contribution in [-0.2, 0) is 4.79 Å². The molecule has 136 valence electrons. The van der Waals surface area contributed by atoms with Gasteiger partial charge in [-0.15, -0.1) is 0 Å². The lowest BCUT2D eigenvalue weighted by molar-refractivity contribution is -0.114. The number of ketones is 1. The number of carbonyl (C=O) groups excluding carboxylic acids is 1. The van der Waals surface area contributed by atoms with Crippen molar-refractivity contribution in [1.82, 2.24) is 0 Å². The monoisotopic (exact) mass is 322 g/mol. The molecular formula is C22H42O. The fourth-order valence-corrected chi connectivity index (χ4v) is 3.29. The van der Waals surface area contributed by atoms with Gasteiger partial charge in [-0.2, -0.15) is 0 Å². The summed E-state index contributed by atoms with van der Waals surface area (Å²) >= 11 is 0. The molecule has 0 saturated heterocycles. The minimum absolute atomic E-state index is 0.346. The molecule has 0 bridgehead atoms. The Kier molecular flexibility index (Phi) is 14.6. The lowest BCUT2D eigenvalue weighted by atomic mass is 9.91. The first-order chi connectivity index (χ1) is 11.1. The van der Waals surface area contributed by atoms with Gasteiger partial charge in [0.2, 0.25) is 0 Å². The van der Waals surface area contributed by atoms with Crippen molar-refractivity contribution in [2.75, 3.05) is 0 Å². The highest BCUT2D eigenvalue weighted by Gasteiger charge is 2.09. The Hall–Kier alpha value is -0.590. The van der Waals surface area contributed by atoms with E-state index in [1.54, 1.807) is 0 Å². The average Bonchev–Trinajstić information content (AvgIpc) is 2.55. The third kappa shape index (κ3) is 12.5. The van der Waals surface area contributed by atoms with Crippen molar-refractivity contribution in [2.45, 2.75) is 112 Å². The molecule has 0 aliphatic heterocycles. The maximum absolute atomic E-state index is 12.2. The fraction of sp³-hybridized carbons (Fsp3) is 0.864. The van der Waals surface area contributed by atoms with Gasteiger partial charge in [0, 0.05) is 6.42 Å². The largest absolute Gasteiger partial charge is 0.295 e. The first kappa shape index (κ1) is 22.4. The molecule has 0 saturated carbocycles. The lowest BCUT2D eigenvalue weighted by Crippen LogP contribution is -2.04. The van der Waals surface area contributed by atoms with Crippen LogP contribution in [0.1, 0.15) is 112 Å². The Balaban J connectivity index is 4.10. The molecule has 1 nitrogen and oxygen atoms in total. The second-order valence-corrected chi connectivity index (χ2v) is 7.37. The number of unbranched alkanes of at least 4 members (excludes halogenated alkanes) is 2. The van der Waals surface area contributed by atoms with Crippen LogP contribution in [-0.4, -0.2) is 5.78 Å². The molecule has 0 radical (unpaired) electrons. The molecule has 23 heavy (non-hydrogen) atoms. The van der Waals surface area contributed by atoms with Crippen molar-refractivity contribution in [3.63, 3.8) is 0 Å². The Morgan fingerprint density at radius 1 is 0.783 bits per heavy atom. The summed E-state index contributed by atoms with van der Waals surface area (Å²) in [5, 5.41) is 0. The summed E-state index contributed by atoms with van der Waals surface area (Å²) in [6, 6.07) is 0. The number of allylic oxidation sites excluding steroid dienone is 2. The van der Waals surface area contributed by atoms with E-state index in [2.05, 4.69) is 34.6 Å². The minimum Gasteiger partial charge on any atom is -0.295 e. The van der Waals surface area contributed by atoms with Gasteiger partial charge in [-0.05, 0) is 44.1 Å². The van der Waals surface area contributed by atoms with E-state index in [9.17, 15) is 4.79 Å². The smallest absolute Gasteiger partial charge is 0.155 e. The standard InChI is InChI=1S/C22H42O/c1-6-10-12-20(8-3)15-14-19(5)18-22(23)17-16-21(9-4)13-11-7-2/h18,20-21H,6-17H2,1-5H3/b19-18-. The third-order valence-electron chi connectivity index (χ3n) is 5.24. The van der Waals surface area contributed by atoms with Gasteiger partial charge in [-0.1, -0.05) is 84.6 Å². The van der Waals surface area contributed by atoms with E-state index in [4.69, 9.17) is 0 Å². The molecule has 1 heteroatoms. The minimum atomic E-state index is 0.346. The summed E-state index contributed by atoms with van der Waals surface area (Å²) in [7, 11) is 0. The molecule has 0 heterocycles. The van der Waals surface area contributed by atoms with E-state index >= 15 is 0 Å². The summed E-state index contributed by atoms with van der Waals surface area (Å²) in [6.07, 6.45) is 16.4. The maximum atomic E-state index is 12.2. The van der Waals surface area contributed by atoms with E-state index < -0.39 is 0 Å². The van der Waals surface area contributed by atoms with Crippen LogP contribution in [0.3, 0.4) is 0 Å². The number of hydrogen-bond donors (Lipinski definition) is 0. The zero-order valence-corrected chi connectivity index (χ0v) is 16.6. The van der Waals surface area contributed by atoms with E-state index in [0.29, 0.717) is 5.78 Å². The molecule has 2 atom stereocenters. The van der Waals surface area contributed by atoms with E-state index in [1.807, 2.05) is 6.08 Å². The second kappa shape index (κ2) is 15.0. The van der Waals surface area contributed by atoms with Gasteiger partial charge in [0.1, 0.15) is 0 Å². The van der Waals surface area contributed by atoms with Crippen molar-refractivity contribution in [1.29, 1.82) is 0 Å². The van der Waals surface area contributed by atoms with Gasteiger partial charge in [0.25, 0.3) is 0 Å². The van der Waals surface area contributed by atoms with Crippen LogP contribution in [0.5, 0.6) is 0 Å². The fourth-order valence-electron chi connectivity index (χ4n) is 3.29. The molecule has 0 spiro atoms. The normalized spacial score (nSPS) is 14.7. The van der Waals surface area contributed by atoms with E-state index in [-0.39, 0.29) is 0 Å². The highest BCUT2D eigenvalue weighted by molar-refractivity contribution is 5.90. The van der Waals surface area contributed by atoms with Crippen molar-refractivity contribution in [3.8, 4) is 0 Å². The molecule has 2 unspecified atom stereocenters. The van der Waals surface area contributed by atoms with Gasteiger partial charge in [-0.3, -0.25) is 4.79 Å². The summed E-state index contributed by atoms with van der Waals surface area (Å²) in [5.74, 6) is 1.93. The molecular weight excluding hydrogens is 280 g/mol. The van der Waals surface area contributed by atoms with Crippen LogP contribution in [0, 0.1) is 11.8 Å². The van der Waals surface area contributed by atoms with Crippen LogP contribution in [0.4, 0.5) is 0 Å². The summed E-state index contributed by atoms with van der Waals surface area (Å²) in [4.78, 5) is 12.2. The third-order valence-corrected chi connectivity index (χ3v) is 5.24. The SMILES string of the molecule is CCCCC(CC)CCC(=O)/C=C(/C)CCC(CC)CCCC. The first-order valence-electron chi connectivity index (χ1n) is 10.3. The van der Waals surface area contributed by atoms with Gasteiger partial charge in [-0.25, -0.2) is 0 Å². The lowest BCUT2D eigenvalue weighted by Gasteiger charge is -2.14. The highest BCUT2D eigenvalue weighted by atomic mass is 16.1. The average molecular weight is 323 g/mol. The number of hydrogen-bond acceptors (Lipinski definition) is 1. The van der Waals surface area contributed by atoms with E-state index in [0.717, 1.165) is 31.1 Å². The molecule has 0 aliphatic rings. The van der Waals surface area contributed by atoms with Crippen molar-refractivity contribution in [3.05, 3.63) is 11.6 Å². The highest BCUT2D eigenvalue weighted by Crippen LogP contribution is 2.22. The molecule has 0 aromatic rings. The molecule has 0 aliphatic carbocycles. The van der Waals surface area contributed by atoms with Crippen molar-refractivity contribution in [2.24, 2.45) is 11.8 Å². The molecule has 0 N–H and O–H groups in total. The summed E-state index contributed by atoms with van der Waals surface area (Å²) in [6.45, 7) is 11.2. The number of rotatable bonds is 15. The van der Waals surface area contributed by atoms with Crippen LogP contribution >= 0.6 is 0 Å². The van der Waals surface area contributed by atoms with Crippen LogP contribution < -0.4 is 0 Å². The van der Waals surface area contributed by atoms with Crippen molar-refractivity contribution >= 4 is 5.78 Å². The predicted molar refractivity (Wildman–Crippen MR) is 104 cm³/mol. The predicted octanol–water partition coefficient (Wildman–Crippen LogP) is 7.50. The van der Waals surface area contributed by atoms with Crippen LogP contribution in [0.25, 0.3) is 0 Å². The van der Waals surface area contributed by atoms with Crippen LogP contribution in [0.15, 0.2) is 11.6 Å². The van der Waals surface area contributed by atoms with Gasteiger partial charge >= 0.3 is 0 Å². The van der Waals surface area contributed by atoms with Gasteiger partial charge in [0.05, 0.1) is 0 Å². The molecule has 0 aromatic heterocycles. The molecule has 0 amide bonds. The molecule has 0 rings (SSSR count). The van der Waals surface area contributed by atoms with Gasteiger partial charge < -0.3 is 0 Å². The Bertz CT molecular complexity index is 316. The summed E-state index contributed by atoms with van der Waals surface area (Å²) in [5.41, 5.74) is 1.28.